The summed E-state index contributed by atoms with van der Waals surface area (Å²) in [7, 11) is 0. The van der Waals surface area contributed by atoms with Crippen molar-refractivity contribution in [3.63, 3.8) is 0 Å². The zero-order valence-electron chi connectivity index (χ0n) is 15.7. The summed E-state index contributed by atoms with van der Waals surface area (Å²) in [5.41, 5.74) is 6.75. The molecule has 2 aliphatic rings. The molecule has 2 nitrogen and oxygen atoms in total. The normalized spacial score (nSPS) is 20.7. The summed E-state index contributed by atoms with van der Waals surface area (Å²) in [6.07, 6.45) is 1.90. The standard InChI is InChI=1S/C25H19Cl2NO/c26-18-10-5-16(6-11-18)22-21-14-9-15-3-1-2-4-20(15)24(21)28-25(29)23(22)17-7-12-19(27)13-8-17/h1-8,10-13,22-23H,9,14H2,(H,28,29). The Bertz CT molecular complexity index is 1120. The van der Waals surface area contributed by atoms with Crippen molar-refractivity contribution in [1.82, 2.24) is 5.32 Å². The topological polar surface area (TPSA) is 29.1 Å². The first-order chi connectivity index (χ1) is 14.1. The Hall–Kier alpha value is -2.55. The molecule has 1 aliphatic heterocycles. The van der Waals surface area contributed by atoms with Gasteiger partial charge in [0.05, 0.1) is 5.92 Å². The largest absolute Gasteiger partial charge is 0.325 e. The van der Waals surface area contributed by atoms with Crippen molar-refractivity contribution in [3.05, 3.63) is 111 Å². The monoisotopic (exact) mass is 419 g/mol. The van der Waals surface area contributed by atoms with E-state index in [4.69, 9.17) is 23.2 Å². The molecule has 0 radical (unpaired) electrons. The third-order valence-electron chi connectivity index (χ3n) is 5.97. The molecule has 5 rings (SSSR count). The first-order valence-corrected chi connectivity index (χ1v) is 10.5. The van der Waals surface area contributed by atoms with Crippen molar-refractivity contribution in [2.75, 3.05) is 0 Å². The van der Waals surface area contributed by atoms with E-state index in [-0.39, 0.29) is 17.7 Å². The maximum atomic E-state index is 13.4. The quantitative estimate of drug-likeness (QED) is 0.515. The van der Waals surface area contributed by atoms with E-state index >= 15 is 0 Å². The molecule has 1 aliphatic carbocycles. The van der Waals surface area contributed by atoms with Crippen LogP contribution >= 0.6 is 23.2 Å². The molecule has 0 spiro atoms. The van der Waals surface area contributed by atoms with Crippen LogP contribution in [0.15, 0.2) is 78.4 Å². The van der Waals surface area contributed by atoms with Crippen LogP contribution in [-0.4, -0.2) is 5.91 Å². The number of hydrogen-bond acceptors (Lipinski definition) is 1. The molecule has 0 saturated carbocycles. The van der Waals surface area contributed by atoms with E-state index in [9.17, 15) is 4.79 Å². The molecule has 4 heteroatoms. The van der Waals surface area contributed by atoms with Gasteiger partial charge in [-0.3, -0.25) is 4.79 Å². The van der Waals surface area contributed by atoms with E-state index < -0.39 is 0 Å². The molecule has 1 amide bonds. The van der Waals surface area contributed by atoms with Crippen LogP contribution in [0.1, 0.15) is 40.5 Å². The third-order valence-corrected chi connectivity index (χ3v) is 6.47. The van der Waals surface area contributed by atoms with Crippen molar-refractivity contribution in [2.45, 2.75) is 24.7 Å². The number of carbonyl (C=O) groups excluding carboxylic acids is 1. The molecule has 0 fully saturated rings. The summed E-state index contributed by atoms with van der Waals surface area (Å²) in [6, 6.07) is 23.8. The summed E-state index contributed by atoms with van der Waals surface area (Å²) in [5, 5.41) is 4.59. The second kappa shape index (κ2) is 7.37. The number of hydrogen-bond donors (Lipinski definition) is 1. The molecule has 2 atom stereocenters. The Morgan fingerprint density at radius 2 is 1.31 bits per heavy atom. The maximum absolute atomic E-state index is 13.4. The minimum atomic E-state index is -0.308. The lowest BCUT2D eigenvalue weighted by Gasteiger charge is -2.38. The van der Waals surface area contributed by atoms with Crippen LogP contribution in [0.2, 0.25) is 10.0 Å². The van der Waals surface area contributed by atoms with Gasteiger partial charge in [0, 0.05) is 27.2 Å². The number of halogens is 2. The Kier molecular flexibility index (Phi) is 4.69. The lowest BCUT2D eigenvalue weighted by atomic mass is 9.69. The lowest BCUT2D eigenvalue weighted by molar-refractivity contribution is -0.122. The van der Waals surface area contributed by atoms with Gasteiger partial charge in [-0.25, -0.2) is 0 Å². The number of amides is 1. The lowest BCUT2D eigenvalue weighted by Crippen LogP contribution is -2.39. The zero-order chi connectivity index (χ0) is 20.0. The Morgan fingerprint density at radius 1 is 0.724 bits per heavy atom. The van der Waals surface area contributed by atoms with Crippen molar-refractivity contribution in [2.24, 2.45) is 0 Å². The molecule has 3 aromatic rings. The first kappa shape index (κ1) is 18.5. The highest BCUT2D eigenvalue weighted by molar-refractivity contribution is 6.30. The fourth-order valence-electron chi connectivity index (χ4n) is 4.64. The van der Waals surface area contributed by atoms with Crippen LogP contribution in [0.5, 0.6) is 0 Å². The highest BCUT2D eigenvalue weighted by Gasteiger charge is 2.41. The SMILES string of the molecule is O=C1NC2=C(CCc3ccccc32)C(c2ccc(Cl)cc2)C1c1ccc(Cl)cc1. The van der Waals surface area contributed by atoms with E-state index in [0.717, 1.165) is 35.2 Å². The minimum absolute atomic E-state index is 0.0164. The summed E-state index contributed by atoms with van der Waals surface area (Å²) in [4.78, 5) is 13.4. The predicted molar refractivity (Wildman–Crippen MR) is 118 cm³/mol. The Morgan fingerprint density at radius 3 is 1.97 bits per heavy atom. The number of benzene rings is 3. The molecule has 2 unspecified atom stereocenters. The van der Waals surface area contributed by atoms with Gasteiger partial charge in [-0.05, 0) is 59.4 Å². The van der Waals surface area contributed by atoms with Crippen LogP contribution < -0.4 is 5.32 Å². The summed E-state index contributed by atoms with van der Waals surface area (Å²) in [5.74, 6) is -0.328. The van der Waals surface area contributed by atoms with Crippen LogP contribution in [0.25, 0.3) is 5.70 Å². The number of nitrogens with one attached hydrogen (secondary N) is 1. The molecule has 0 aromatic heterocycles. The summed E-state index contributed by atoms with van der Waals surface area (Å²) < 4.78 is 0. The van der Waals surface area contributed by atoms with Gasteiger partial charge in [-0.15, -0.1) is 0 Å². The molecular weight excluding hydrogens is 401 g/mol. The molecule has 29 heavy (non-hydrogen) atoms. The predicted octanol–water partition coefficient (Wildman–Crippen LogP) is 6.35. The van der Waals surface area contributed by atoms with Gasteiger partial charge in [-0.2, -0.15) is 0 Å². The summed E-state index contributed by atoms with van der Waals surface area (Å²) >= 11 is 12.2. The second-order valence-corrected chi connectivity index (χ2v) is 8.48. The van der Waals surface area contributed by atoms with Gasteiger partial charge in [0.2, 0.25) is 5.91 Å². The Labute approximate surface area is 180 Å². The van der Waals surface area contributed by atoms with Gasteiger partial charge < -0.3 is 5.32 Å². The number of aryl methyl sites for hydroxylation is 1. The van der Waals surface area contributed by atoms with Gasteiger partial charge in [0.1, 0.15) is 0 Å². The molecule has 0 bridgehead atoms. The van der Waals surface area contributed by atoms with E-state index in [1.165, 1.54) is 11.1 Å². The molecule has 3 aromatic carbocycles. The van der Waals surface area contributed by atoms with E-state index in [2.05, 4.69) is 23.5 Å². The number of carbonyl (C=O) groups is 1. The van der Waals surface area contributed by atoms with Gasteiger partial charge in [0.25, 0.3) is 0 Å². The molecule has 1 heterocycles. The van der Waals surface area contributed by atoms with Gasteiger partial charge >= 0.3 is 0 Å². The van der Waals surface area contributed by atoms with Crippen LogP contribution in [0.4, 0.5) is 0 Å². The fraction of sp³-hybridized carbons (Fsp3) is 0.160. The number of rotatable bonds is 2. The van der Waals surface area contributed by atoms with Gasteiger partial charge in [-0.1, -0.05) is 71.7 Å². The van der Waals surface area contributed by atoms with Crippen LogP contribution in [0.3, 0.4) is 0 Å². The van der Waals surface area contributed by atoms with Crippen molar-refractivity contribution in [3.8, 4) is 0 Å². The van der Waals surface area contributed by atoms with Crippen LogP contribution in [0, 0.1) is 0 Å². The average Bonchev–Trinajstić information content (AvgIpc) is 2.74. The molecule has 144 valence electrons. The van der Waals surface area contributed by atoms with E-state index in [0.29, 0.717) is 10.0 Å². The highest BCUT2D eigenvalue weighted by atomic mass is 35.5. The zero-order valence-corrected chi connectivity index (χ0v) is 17.2. The average molecular weight is 420 g/mol. The first-order valence-electron chi connectivity index (χ1n) is 9.75. The minimum Gasteiger partial charge on any atom is -0.325 e. The second-order valence-electron chi connectivity index (χ2n) is 7.61. The number of allylic oxidation sites excluding steroid dienone is 1. The summed E-state index contributed by atoms with van der Waals surface area (Å²) in [6.45, 7) is 0. The fourth-order valence-corrected chi connectivity index (χ4v) is 4.89. The third kappa shape index (κ3) is 3.27. The molecule has 0 saturated heterocycles. The van der Waals surface area contributed by atoms with Gasteiger partial charge in [0.15, 0.2) is 0 Å². The molecular formula is C25H19Cl2NO. The Balaban J connectivity index is 1.71. The van der Waals surface area contributed by atoms with E-state index in [1.807, 2.05) is 54.6 Å². The molecule has 1 N–H and O–H groups in total. The van der Waals surface area contributed by atoms with E-state index in [1.54, 1.807) is 0 Å². The van der Waals surface area contributed by atoms with Crippen molar-refractivity contribution in [1.29, 1.82) is 0 Å². The maximum Gasteiger partial charge on any atom is 0.232 e. The highest BCUT2D eigenvalue weighted by Crippen LogP contribution is 2.48. The van der Waals surface area contributed by atoms with Crippen LogP contribution in [-0.2, 0) is 11.2 Å². The smallest absolute Gasteiger partial charge is 0.232 e. The van der Waals surface area contributed by atoms with Crippen molar-refractivity contribution >= 4 is 34.8 Å². The van der Waals surface area contributed by atoms with Crippen molar-refractivity contribution < 1.29 is 4.79 Å². The number of fused-ring (bicyclic) bond motifs is 2.